The number of hydrogen-bond donors (Lipinski definition) is 0. The van der Waals surface area contributed by atoms with Crippen molar-refractivity contribution < 1.29 is 14.3 Å². The molecule has 5 heteroatoms. The number of ether oxygens (including phenoxy) is 2. The zero-order valence-corrected chi connectivity index (χ0v) is 15.6. The molecule has 2 rings (SSSR count). The SMILES string of the molecule is Cc1cc(OCCN(C)C)c(C(C)C)cc1OC(=O)c1cccnc1. The zero-order chi connectivity index (χ0) is 18.4. The first-order valence-corrected chi connectivity index (χ1v) is 8.42. The lowest BCUT2D eigenvalue weighted by molar-refractivity contribution is 0.0732. The molecule has 25 heavy (non-hydrogen) atoms. The Hall–Kier alpha value is -2.40. The molecule has 0 unspecified atom stereocenters. The van der Waals surface area contributed by atoms with Crippen LogP contribution in [0.4, 0.5) is 0 Å². The van der Waals surface area contributed by atoms with Gasteiger partial charge in [-0.1, -0.05) is 13.8 Å². The minimum atomic E-state index is -0.410. The largest absolute Gasteiger partial charge is 0.492 e. The summed E-state index contributed by atoms with van der Waals surface area (Å²) in [6, 6.07) is 7.24. The molecule has 0 spiro atoms. The van der Waals surface area contributed by atoms with Gasteiger partial charge in [-0.05, 0) is 56.8 Å². The topological polar surface area (TPSA) is 51.7 Å². The van der Waals surface area contributed by atoms with Crippen molar-refractivity contribution in [1.29, 1.82) is 0 Å². The van der Waals surface area contributed by atoms with Crippen LogP contribution in [0.5, 0.6) is 11.5 Å². The van der Waals surface area contributed by atoms with Crippen LogP contribution in [0.25, 0.3) is 0 Å². The highest BCUT2D eigenvalue weighted by atomic mass is 16.5. The van der Waals surface area contributed by atoms with Crippen LogP contribution in [-0.2, 0) is 0 Å². The lowest BCUT2D eigenvalue weighted by atomic mass is 9.99. The third kappa shape index (κ3) is 5.29. The lowest BCUT2D eigenvalue weighted by Gasteiger charge is -2.18. The van der Waals surface area contributed by atoms with Crippen molar-refractivity contribution in [3.8, 4) is 11.5 Å². The molecule has 1 aromatic carbocycles. The van der Waals surface area contributed by atoms with E-state index in [2.05, 4.69) is 23.7 Å². The Morgan fingerprint density at radius 2 is 2.00 bits per heavy atom. The van der Waals surface area contributed by atoms with E-state index in [-0.39, 0.29) is 5.92 Å². The molecule has 134 valence electrons. The van der Waals surface area contributed by atoms with Gasteiger partial charge in [0.15, 0.2) is 0 Å². The predicted molar refractivity (Wildman–Crippen MR) is 98.5 cm³/mol. The Bertz CT molecular complexity index is 712. The van der Waals surface area contributed by atoms with E-state index in [1.165, 1.54) is 6.20 Å². The Kier molecular flexibility index (Phi) is 6.53. The molecule has 0 fully saturated rings. The van der Waals surface area contributed by atoms with E-state index < -0.39 is 5.97 Å². The summed E-state index contributed by atoms with van der Waals surface area (Å²) in [5.74, 6) is 1.24. The quantitative estimate of drug-likeness (QED) is 0.567. The molecule has 0 aliphatic heterocycles. The summed E-state index contributed by atoms with van der Waals surface area (Å²) >= 11 is 0. The van der Waals surface area contributed by atoms with Crippen LogP contribution in [0.2, 0.25) is 0 Å². The van der Waals surface area contributed by atoms with Crippen molar-refractivity contribution in [1.82, 2.24) is 9.88 Å². The van der Waals surface area contributed by atoms with Gasteiger partial charge in [-0.15, -0.1) is 0 Å². The molecule has 0 saturated heterocycles. The molecule has 1 aromatic heterocycles. The van der Waals surface area contributed by atoms with E-state index in [4.69, 9.17) is 9.47 Å². The third-order valence-corrected chi connectivity index (χ3v) is 3.83. The van der Waals surface area contributed by atoms with Crippen molar-refractivity contribution in [2.45, 2.75) is 26.7 Å². The minimum Gasteiger partial charge on any atom is -0.492 e. The summed E-state index contributed by atoms with van der Waals surface area (Å²) in [6.07, 6.45) is 3.12. The van der Waals surface area contributed by atoms with Gasteiger partial charge in [0, 0.05) is 24.5 Å². The first-order valence-electron chi connectivity index (χ1n) is 8.42. The maximum atomic E-state index is 12.3. The van der Waals surface area contributed by atoms with Crippen LogP contribution in [0.15, 0.2) is 36.7 Å². The van der Waals surface area contributed by atoms with E-state index in [0.29, 0.717) is 17.9 Å². The molecule has 0 atom stereocenters. The van der Waals surface area contributed by atoms with E-state index in [9.17, 15) is 4.79 Å². The van der Waals surface area contributed by atoms with Gasteiger partial charge in [0.05, 0.1) is 5.56 Å². The average Bonchev–Trinajstić information content (AvgIpc) is 2.57. The number of pyridine rings is 1. The molecular formula is C20H26N2O3. The molecule has 0 radical (unpaired) electrons. The third-order valence-electron chi connectivity index (χ3n) is 3.83. The molecule has 2 aromatic rings. The van der Waals surface area contributed by atoms with Crippen LogP contribution < -0.4 is 9.47 Å². The number of likely N-dealkylation sites (N-methyl/N-ethyl adjacent to an activating group) is 1. The van der Waals surface area contributed by atoms with Gasteiger partial charge >= 0.3 is 5.97 Å². The summed E-state index contributed by atoms with van der Waals surface area (Å²) in [5.41, 5.74) is 2.32. The van der Waals surface area contributed by atoms with E-state index in [0.717, 1.165) is 23.4 Å². The van der Waals surface area contributed by atoms with Gasteiger partial charge in [0.25, 0.3) is 0 Å². The summed E-state index contributed by atoms with van der Waals surface area (Å²) in [6.45, 7) is 7.55. The number of carbonyl (C=O) groups excluding carboxylic acids is 1. The Balaban J connectivity index is 2.22. The van der Waals surface area contributed by atoms with Crippen molar-refractivity contribution in [2.75, 3.05) is 27.2 Å². The summed E-state index contributed by atoms with van der Waals surface area (Å²) in [5, 5.41) is 0. The van der Waals surface area contributed by atoms with Gasteiger partial charge in [-0.3, -0.25) is 4.98 Å². The second-order valence-corrected chi connectivity index (χ2v) is 6.59. The fourth-order valence-corrected chi connectivity index (χ4v) is 2.34. The average molecular weight is 342 g/mol. The highest BCUT2D eigenvalue weighted by Crippen LogP contribution is 2.33. The molecule has 0 amide bonds. The molecular weight excluding hydrogens is 316 g/mol. The second-order valence-electron chi connectivity index (χ2n) is 6.59. The van der Waals surface area contributed by atoms with Gasteiger partial charge in [-0.25, -0.2) is 4.79 Å². The number of benzene rings is 1. The Morgan fingerprint density at radius 1 is 1.24 bits per heavy atom. The highest BCUT2D eigenvalue weighted by Gasteiger charge is 2.16. The summed E-state index contributed by atoms with van der Waals surface area (Å²) in [4.78, 5) is 18.3. The number of esters is 1. The molecule has 0 aliphatic carbocycles. The van der Waals surface area contributed by atoms with Gasteiger partial charge in [0.2, 0.25) is 0 Å². The van der Waals surface area contributed by atoms with Crippen molar-refractivity contribution in [2.24, 2.45) is 0 Å². The van der Waals surface area contributed by atoms with Crippen LogP contribution in [-0.4, -0.2) is 43.1 Å². The summed E-state index contributed by atoms with van der Waals surface area (Å²) < 4.78 is 11.5. The second kappa shape index (κ2) is 8.62. The first-order chi connectivity index (χ1) is 11.9. The fourth-order valence-electron chi connectivity index (χ4n) is 2.34. The molecule has 5 nitrogen and oxygen atoms in total. The van der Waals surface area contributed by atoms with Crippen LogP contribution in [0.3, 0.4) is 0 Å². The maximum absolute atomic E-state index is 12.3. The van der Waals surface area contributed by atoms with Crippen LogP contribution >= 0.6 is 0 Å². The van der Waals surface area contributed by atoms with Crippen molar-refractivity contribution in [3.05, 3.63) is 53.3 Å². The summed E-state index contributed by atoms with van der Waals surface area (Å²) in [7, 11) is 4.03. The standard InChI is InChI=1S/C20H26N2O3/c1-14(2)17-12-18(25-20(23)16-7-6-8-21-13-16)15(3)11-19(17)24-10-9-22(4)5/h6-8,11-14H,9-10H2,1-5H3. The molecule has 0 N–H and O–H groups in total. The minimum absolute atomic E-state index is 0.255. The van der Waals surface area contributed by atoms with Crippen molar-refractivity contribution in [3.63, 3.8) is 0 Å². The van der Waals surface area contributed by atoms with E-state index >= 15 is 0 Å². The maximum Gasteiger partial charge on any atom is 0.345 e. The van der Waals surface area contributed by atoms with Gasteiger partial charge in [0.1, 0.15) is 18.1 Å². The number of rotatable bonds is 7. The molecule has 1 heterocycles. The van der Waals surface area contributed by atoms with Crippen molar-refractivity contribution >= 4 is 5.97 Å². The number of nitrogens with zero attached hydrogens (tertiary/aromatic N) is 2. The molecule has 0 aliphatic rings. The Morgan fingerprint density at radius 3 is 2.60 bits per heavy atom. The van der Waals surface area contributed by atoms with Gasteiger partial charge in [-0.2, -0.15) is 0 Å². The van der Waals surface area contributed by atoms with Crippen LogP contribution in [0, 0.1) is 6.92 Å². The number of carbonyl (C=O) groups is 1. The highest BCUT2D eigenvalue weighted by molar-refractivity contribution is 5.90. The van der Waals surface area contributed by atoms with E-state index in [1.54, 1.807) is 18.3 Å². The number of aromatic nitrogens is 1. The Labute approximate surface area is 149 Å². The normalized spacial score (nSPS) is 11.0. The van der Waals surface area contributed by atoms with E-state index in [1.807, 2.05) is 33.2 Å². The van der Waals surface area contributed by atoms with Crippen LogP contribution in [0.1, 0.15) is 41.3 Å². The monoisotopic (exact) mass is 342 g/mol. The first kappa shape index (κ1) is 18.9. The molecule has 0 bridgehead atoms. The number of aryl methyl sites for hydroxylation is 1. The van der Waals surface area contributed by atoms with Gasteiger partial charge < -0.3 is 14.4 Å². The zero-order valence-electron chi connectivity index (χ0n) is 15.6. The lowest BCUT2D eigenvalue weighted by Crippen LogP contribution is -2.20. The predicted octanol–water partition coefficient (Wildman–Crippen LogP) is 3.67. The fraction of sp³-hybridized carbons (Fsp3) is 0.400. The number of hydrogen-bond acceptors (Lipinski definition) is 5. The smallest absolute Gasteiger partial charge is 0.345 e. The molecule has 0 saturated carbocycles.